The molecular formula is C14H30N2O3. The molecule has 1 aliphatic heterocycles. The van der Waals surface area contributed by atoms with Crippen molar-refractivity contribution >= 4 is 0 Å². The van der Waals surface area contributed by atoms with Crippen molar-refractivity contribution in [1.29, 1.82) is 0 Å². The van der Waals surface area contributed by atoms with Gasteiger partial charge in [0.05, 0.1) is 24.9 Å². The maximum Gasteiger partial charge on any atom is 0.0793 e. The summed E-state index contributed by atoms with van der Waals surface area (Å²) in [5, 5.41) is 10.1. The first-order valence-electron chi connectivity index (χ1n) is 7.33. The number of nitrogens with zero attached hydrogens (tertiary/aromatic N) is 2. The minimum absolute atomic E-state index is 0.256. The highest BCUT2D eigenvalue weighted by Crippen LogP contribution is 2.11. The van der Waals surface area contributed by atoms with Gasteiger partial charge in [0.2, 0.25) is 0 Å². The Morgan fingerprint density at radius 3 is 2.58 bits per heavy atom. The summed E-state index contributed by atoms with van der Waals surface area (Å²) in [6.07, 6.45) is 0.197. The Morgan fingerprint density at radius 2 is 2.00 bits per heavy atom. The highest BCUT2D eigenvalue weighted by atomic mass is 16.5. The molecule has 0 aromatic rings. The standard InChI is InChI=1S/C14H30N2O3/c1-5-18-7-6-15(4)10-14(17)11-16-8-12(2)19-13(3)9-16/h12-14,17H,5-11H2,1-4H3. The summed E-state index contributed by atoms with van der Waals surface area (Å²) in [5.41, 5.74) is 0. The molecule has 3 atom stereocenters. The number of hydrogen-bond acceptors (Lipinski definition) is 5. The summed E-state index contributed by atoms with van der Waals surface area (Å²) in [7, 11) is 2.02. The second-order valence-electron chi connectivity index (χ2n) is 5.59. The third-order valence-electron chi connectivity index (χ3n) is 3.31. The van der Waals surface area contributed by atoms with Crippen LogP contribution in [0, 0.1) is 0 Å². The van der Waals surface area contributed by atoms with Crippen molar-refractivity contribution in [2.24, 2.45) is 0 Å². The third kappa shape index (κ3) is 7.22. The normalized spacial score (nSPS) is 26.8. The molecule has 0 bridgehead atoms. The number of morpholine rings is 1. The molecule has 0 radical (unpaired) electrons. The molecule has 1 saturated heterocycles. The lowest BCUT2D eigenvalue weighted by Gasteiger charge is -2.36. The molecule has 0 aliphatic carbocycles. The van der Waals surface area contributed by atoms with Crippen molar-refractivity contribution in [1.82, 2.24) is 9.80 Å². The van der Waals surface area contributed by atoms with E-state index in [-0.39, 0.29) is 18.3 Å². The summed E-state index contributed by atoms with van der Waals surface area (Å²) in [5.74, 6) is 0. The van der Waals surface area contributed by atoms with E-state index in [0.29, 0.717) is 6.54 Å². The first kappa shape index (κ1) is 16.9. The van der Waals surface area contributed by atoms with Gasteiger partial charge in [0.15, 0.2) is 0 Å². The van der Waals surface area contributed by atoms with E-state index in [9.17, 15) is 5.11 Å². The summed E-state index contributed by atoms with van der Waals surface area (Å²) in [6.45, 7) is 11.7. The van der Waals surface area contributed by atoms with E-state index in [2.05, 4.69) is 23.6 Å². The van der Waals surface area contributed by atoms with E-state index in [1.807, 2.05) is 14.0 Å². The second kappa shape index (κ2) is 8.87. The Morgan fingerprint density at radius 1 is 1.37 bits per heavy atom. The smallest absolute Gasteiger partial charge is 0.0793 e. The van der Waals surface area contributed by atoms with Gasteiger partial charge in [-0.2, -0.15) is 0 Å². The van der Waals surface area contributed by atoms with Gasteiger partial charge in [-0.3, -0.25) is 4.90 Å². The average molecular weight is 274 g/mol. The van der Waals surface area contributed by atoms with Crippen LogP contribution in [0.3, 0.4) is 0 Å². The molecule has 5 nitrogen and oxygen atoms in total. The molecule has 1 rings (SSSR count). The van der Waals surface area contributed by atoms with Gasteiger partial charge in [-0.1, -0.05) is 0 Å². The number of rotatable bonds is 8. The highest BCUT2D eigenvalue weighted by Gasteiger charge is 2.24. The van der Waals surface area contributed by atoms with Crippen molar-refractivity contribution in [2.45, 2.75) is 39.1 Å². The van der Waals surface area contributed by atoms with Gasteiger partial charge < -0.3 is 19.5 Å². The fraction of sp³-hybridized carbons (Fsp3) is 1.00. The van der Waals surface area contributed by atoms with Crippen molar-refractivity contribution in [3.8, 4) is 0 Å². The van der Waals surface area contributed by atoms with E-state index in [0.717, 1.165) is 39.4 Å². The summed E-state index contributed by atoms with van der Waals surface area (Å²) in [6, 6.07) is 0. The Balaban J connectivity index is 2.20. The number of ether oxygens (including phenoxy) is 2. The molecule has 19 heavy (non-hydrogen) atoms. The highest BCUT2D eigenvalue weighted by molar-refractivity contribution is 4.76. The summed E-state index contributed by atoms with van der Waals surface area (Å²) < 4.78 is 11.0. The first-order chi connectivity index (χ1) is 9.01. The summed E-state index contributed by atoms with van der Waals surface area (Å²) >= 11 is 0. The van der Waals surface area contributed by atoms with Crippen LogP contribution in [-0.4, -0.2) is 86.2 Å². The molecule has 3 unspecified atom stereocenters. The molecular weight excluding hydrogens is 244 g/mol. The van der Waals surface area contributed by atoms with Crippen LogP contribution in [-0.2, 0) is 9.47 Å². The zero-order valence-electron chi connectivity index (χ0n) is 12.8. The Hall–Kier alpha value is -0.200. The molecule has 1 aliphatic rings. The lowest BCUT2D eigenvalue weighted by Crippen LogP contribution is -2.49. The first-order valence-corrected chi connectivity index (χ1v) is 7.33. The fourth-order valence-electron chi connectivity index (χ4n) is 2.61. The largest absolute Gasteiger partial charge is 0.390 e. The molecule has 5 heteroatoms. The molecule has 0 aromatic carbocycles. The van der Waals surface area contributed by atoms with Crippen molar-refractivity contribution < 1.29 is 14.6 Å². The Bertz CT molecular complexity index is 231. The minimum Gasteiger partial charge on any atom is -0.390 e. The van der Waals surface area contributed by atoms with Gasteiger partial charge in [-0.25, -0.2) is 0 Å². The monoisotopic (exact) mass is 274 g/mol. The average Bonchev–Trinajstić information content (AvgIpc) is 2.27. The maximum absolute atomic E-state index is 10.1. The SMILES string of the molecule is CCOCCN(C)CC(O)CN1CC(C)OC(C)C1. The minimum atomic E-state index is -0.316. The predicted molar refractivity (Wildman–Crippen MR) is 76.4 cm³/mol. The number of hydrogen-bond donors (Lipinski definition) is 1. The van der Waals surface area contributed by atoms with Crippen LogP contribution in [0.5, 0.6) is 0 Å². The number of β-amino-alcohol motifs (C(OH)–C–C–N with tert-alkyl or cyclic N) is 1. The van der Waals surface area contributed by atoms with E-state index >= 15 is 0 Å². The molecule has 114 valence electrons. The van der Waals surface area contributed by atoms with Crippen LogP contribution >= 0.6 is 0 Å². The van der Waals surface area contributed by atoms with Gasteiger partial charge in [0.1, 0.15) is 0 Å². The van der Waals surface area contributed by atoms with Crippen molar-refractivity contribution in [3.63, 3.8) is 0 Å². The van der Waals surface area contributed by atoms with E-state index in [1.54, 1.807) is 0 Å². The predicted octanol–water partition coefficient (Wildman–Crippen LogP) is 0.425. The van der Waals surface area contributed by atoms with Crippen LogP contribution in [0.4, 0.5) is 0 Å². The van der Waals surface area contributed by atoms with Crippen LogP contribution in [0.2, 0.25) is 0 Å². The number of aliphatic hydroxyl groups is 1. The lowest BCUT2D eigenvalue weighted by molar-refractivity contribution is -0.0778. The zero-order valence-corrected chi connectivity index (χ0v) is 12.8. The quantitative estimate of drug-likeness (QED) is 0.650. The van der Waals surface area contributed by atoms with Crippen molar-refractivity contribution in [2.75, 3.05) is 53.0 Å². The topological polar surface area (TPSA) is 45.2 Å². The molecule has 0 spiro atoms. The molecule has 1 N–H and O–H groups in total. The number of likely N-dealkylation sites (N-methyl/N-ethyl adjacent to an activating group) is 1. The van der Waals surface area contributed by atoms with E-state index < -0.39 is 0 Å². The van der Waals surface area contributed by atoms with Crippen LogP contribution in [0.1, 0.15) is 20.8 Å². The van der Waals surface area contributed by atoms with Crippen LogP contribution < -0.4 is 0 Å². The van der Waals surface area contributed by atoms with Crippen molar-refractivity contribution in [3.05, 3.63) is 0 Å². The van der Waals surface area contributed by atoms with Gasteiger partial charge in [-0.05, 0) is 27.8 Å². The zero-order chi connectivity index (χ0) is 14.3. The third-order valence-corrected chi connectivity index (χ3v) is 3.31. The molecule has 0 saturated carbocycles. The fourth-order valence-corrected chi connectivity index (χ4v) is 2.61. The van der Waals surface area contributed by atoms with E-state index in [1.165, 1.54) is 0 Å². The van der Waals surface area contributed by atoms with Gasteiger partial charge in [0.25, 0.3) is 0 Å². The number of aliphatic hydroxyl groups excluding tert-OH is 1. The summed E-state index contributed by atoms with van der Waals surface area (Å²) in [4.78, 5) is 4.41. The molecule has 1 heterocycles. The second-order valence-corrected chi connectivity index (χ2v) is 5.59. The van der Waals surface area contributed by atoms with Crippen LogP contribution in [0.15, 0.2) is 0 Å². The van der Waals surface area contributed by atoms with Gasteiger partial charge >= 0.3 is 0 Å². The maximum atomic E-state index is 10.1. The lowest BCUT2D eigenvalue weighted by atomic mass is 10.2. The van der Waals surface area contributed by atoms with Crippen LogP contribution in [0.25, 0.3) is 0 Å². The molecule has 1 fully saturated rings. The van der Waals surface area contributed by atoms with E-state index in [4.69, 9.17) is 9.47 Å². The Labute approximate surface area is 117 Å². The van der Waals surface area contributed by atoms with Gasteiger partial charge in [-0.15, -0.1) is 0 Å². The van der Waals surface area contributed by atoms with Gasteiger partial charge in [0, 0.05) is 39.3 Å². The molecule has 0 aromatic heterocycles. The Kier molecular flexibility index (Phi) is 7.87. The molecule has 0 amide bonds.